The summed E-state index contributed by atoms with van der Waals surface area (Å²) in [6.45, 7) is 6.10. The second-order valence-electron chi connectivity index (χ2n) is 5.71. The van der Waals surface area contributed by atoms with Gasteiger partial charge in [0.25, 0.3) is 0 Å². The molecule has 0 fully saturated rings. The van der Waals surface area contributed by atoms with Crippen molar-refractivity contribution in [3.05, 3.63) is 18.2 Å². The second-order valence-corrected chi connectivity index (χ2v) is 5.71. The number of hydrogen-bond acceptors (Lipinski definition) is 2. The maximum Gasteiger partial charge on any atom is 0.319 e. The zero-order valence-corrected chi connectivity index (χ0v) is 12.3. The molecule has 1 rings (SSSR count). The summed E-state index contributed by atoms with van der Waals surface area (Å²) in [5, 5.41) is 5.27. The summed E-state index contributed by atoms with van der Waals surface area (Å²) >= 11 is 0. The molecule has 0 saturated heterocycles. The van der Waals surface area contributed by atoms with E-state index in [1.54, 1.807) is 0 Å². The van der Waals surface area contributed by atoms with Crippen molar-refractivity contribution >= 4 is 6.03 Å². The second kappa shape index (κ2) is 6.67. The summed E-state index contributed by atoms with van der Waals surface area (Å²) < 4.78 is 25.9. The molecule has 0 unspecified atom stereocenters. The standard InChI is InChI=1S/C13H22F2N4O/c1-9(2)13(3,4)8-18-12(20)17-7-10-16-5-6-19(10)11(14)15/h5-6,9,11H,7-8H2,1-4H3,(H2,17,18,20). The molecule has 0 aliphatic carbocycles. The van der Waals surface area contributed by atoms with Crippen molar-refractivity contribution in [3.8, 4) is 0 Å². The van der Waals surface area contributed by atoms with E-state index >= 15 is 0 Å². The van der Waals surface area contributed by atoms with E-state index in [9.17, 15) is 13.6 Å². The summed E-state index contributed by atoms with van der Waals surface area (Å²) in [6.07, 6.45) is 2.46. The molecule has 0 radical (unpaired) electrons. The van der Waals surface area contributed by atoms with Crippen molar-refractivity contribution in [3.63, 3.8) is 0 Å². The van der Waals surface area contributed by atoms with E-state index in [1.807, 2.05) is 0 Å². The predicted octanol–water partition coefficient (Wildman–Crippen LogP) is 2.76. The molecule has 1 aromatic rings. The summed E-state index contributed by atoms with van der Waals surface area (Å²) in [6, 6.07) is -0.387. The SMILES string of the molecule is CC(C)C(C)(C)CNC(=O)NCc1nccn1C(F)F. The number of aromatic nitrogens is 2. The maximum atomic E-state index is 12.6. The van der Waals surface area contributed by atoms with E-state index in [0.717, 1.165) is 4.57 Å². The zero-order chi connectivity index (χ0) is 15.3. The Morgan fingerprint density at radius 2 is 2.05 bits per heavy atom. The van der Waals surface area contributed by atoms with Gasteiger partial charge in [-0.3, -0.25) is 4.57 Å². The van der Waals surface area contributed by atoms with Crippen LogP contribution in [-0.4, -0.2) is 22.1 Å². The number of imidazole rings is 1. The summed E-state index contributed by atoms with van der Waals surface area (Å²) in [5.74, 6) is 0.541. The van der Waals surface area contributed by atoms with Crippen molar-refractivity contribution in [2.24, 2.45) is 11.3 Å². The molecule has 0 bridgehead atoms. The van der Waals surface area contributed by atoms with Gasteiger partial charge in [0.1, 0.15) is 5.82 Å². The number of halogens is 2. The van der Waals surface area contributed by atoms with E-state index in [4.69, 9.17) is 0 Å². The minimum Gasteiger partial charge on any atom is -0.338 e. The average molecular weight is 288 g/mol. The number of alkyl halides is 2. The molecule has 7 heteroatoms. The Kier molecular flexibility index (Phi) is 5.47. The summed E-state index contributed by atoms with van der Waals surface area (Å²) in [7, 11) is 0. The fraction of sp³-hybridized carbons (Fsp3) is 0.692. The molecule has 5 nitrogen and oxygen atoms in total. The number of nitrogens with zero attached hydrogens (tertiary/aromatic N) is 2. The first-order chi connectivity index (χ1) is 9.24. The normalized spacial score (nSPS) is 12.0. The lowest BCUT2D eigenvalue weighted by atomic mass is 9.81. The Morgan fingerprint density at radius 1 is 1.40 bits per heavy atom. The molecule has 0 aliphatic heterocycles. The smallest absolute Gasteiger partial charge is 0.319 e. The van der Waals surface area contributed by atoms with E-state index in [1.165, 1.54) is 12.4 Å². The highest BCUT2D eigenvalue weighted by molar-refractivity contribution is 5.73. The van der Waals surface area contributed by atoms with Gasteiger partial charge in [-0.1, -0.05) is 27.7 Å². The van der Waals surface area contributed by atoms with Crippen LogP contribution in [0.2, 0.25) is 0 Å². The number of rotatable bonds is 6. The molecule has 0 atom stereocenters. The molecule has 0 saturated carbocycles. The van der Waals surface area contributed by atoms with E-state index < -0.39 is 6.55 Å². The highest BCUT2D eigenvalue weighted by Gasteiger charge is 2.22. The third-order valence-corrected chi connectivity index (χ3v) is 3.63. The minimum absolute atomic E-state index is 0.0290. The van der Waals surface area contributed by atoms with Crippen molar-refractivity contribution in [1.82, 2.24) is 20.2 Å². The van der Waals surface area contributed by atoms with Crippen LogP contribution in [0.3, 0.4) is 0 Å². The van der Waals surface area contributed by atoms with Crippen LogP contribution in [0, 0.1) is 11.3 Å². The van der Waals surface area contributed by atoms with Gasteiger partial charge in [-0.2, -0.15) is 8.78 Å². The Hall–Kier alpha value is -1.66. The van der Waals surface area contributed by atoms with Gasteiger partial charge in [0.05, 0.1) is 6.54 Å². The van der Waals surface area contributed by atoms with Crippen molar-refractivity contribution in [1.29, 1.82) is 0 Å². The number of nitrogens with one attached hydrogen (secondary N) is 2. The lowest BCUT2D eigenvalue weighted by molar-refractivity contribution is 0.0667. The van der Waals surface area contributed by atoms with E-state index in [-0.39, 0.29) is 23.8 Å². The Bertz CT molecular complexity index is 443. The first-order valence-corrected chi connectivity index (χ1v) is 6.55. The van der Waals surface area contributed by atoms with Crippen LogP contribution in [-0.2, 0) is 6.54 Å². The van der Waals surface area contributed by atoms with Crippen LogP contribution in [0.4, 0.5) is 13.6 Å². The molecule has 20 heavy (non-hydrogen) atoms. The van der Waals surface area contributed by atoms with Gasteiger partial charge in [-0.05, 0) is 11.3 Å². The molecule has 2 amide bonds. The number of amides is 2. The van der Waals surface area contributed by atoms with Gasteiger partial charge in [-0.15, -0.1) is 0 Å². The zero-order valence-electron chi connectivity index (χ0n) is 12.3. The van der Waals surface area contributed by atoms with Crippen LogP contribution in [0.5, 0.6) is 0 Å². The number of carbonyl (C=O) groups excluding carboxylic acids is 1. The quantitative estimate of drug-likeness (QED) is 0.845. The van der Waals surface area contributed by atoms with Crippen LogP contribution >= 0.6 is 0 Å². The largest absolute Gasteiger partial charge is 0.338 e. The number of carbonyl (C=O) groups is 1. The molecule has 0 aliphatic rings. The first-order valence-electron chi connectivity index (χ1n) is 6.55. The van der Waals surface area contributed by atoms with Gasteiger partial charge >= 0.3 is 12.6 Å². The predicted molar refractivity (Wildman–Crippen MR) is 72.3 cm³/mol. The fourth-order valence-electron chi connectivity index (χ4n) is 1.39. The minimum atomic E-state index is -2.66. The molecule has 0 aromatic carbocycles. The lowest BCUT2D eigenvalue weighted by Crippen LogP contribution is -2.42. The highest BCUT2D eigenvalue weighted by atomic mass is 19.3. The van der Waals surface area contributed by atoms with Gasteiger partial charge < -0.3 is 10.6 Å². The van der Waals surface area contributed by atoms with Gasteiger partial charge in [0, 0.05) is 18.9 Å². The van der Waals surface area contributed by atoms with Crippen LogP contribution < -0.4 is 10.6 Å². The molecule has 114 valence electrons. The van der Waals surface area contributed by atoms with E-state index in [0.29, 0.717) is 12.5 Å². The Morgan fingerprint density at radius 3 is 2.60 bits per heavy atom. The maximum absolute atomic E-state index is 12.6. The van der Waals surface area contributed by atoms with Crippen molar-refractivity contribution in [2.45, 2.75) is 40.8 Å². The van der Waals surface area contributed by atoms with Crippen LogP contribution in [0.1, 0.15) is 40.1 Å². The molecule has 0 spiro atoms. The third-order valence-electron chi connectivity index (χ3n) is 3.63. The molecular formula is C13H22F2N4O. The van der Waals surface area contributed by atoms with E-state index in [2.05, 4.69) is 43.3 Å². The number of hydrogen-bond donors (Lipinski definition) is 2. The van der Waals surface area contributed by atoms with Gasteiger partial charge in [0.2, 0.25) is 0 Å². The Labute approximate surface area is 117 Å². The third kappa shape index (κ3) is 4.47. The fourth-order valence-corrected chi connectivity index (χ4v) is 1.39. The monoisotopic (exact) mass is 288 g/mol. The van der Waals surface area contributed by atoms with Crippen molar-refractivity contribution < 1.29 is 13.6 Å². The first kappa shape index (κ1) is 16.4. The highest BCUT2D eigenvalue weighted by Crippen LogP contribution is 2.24. The van der Waals surface area contributed by atoms with Gasteiger partial charge in [0.15, 0.2) is 0 Å². The van der Waals surface area contributed by atoms with Gasteiger partial charge in [-0.25, -0.2) is 9.78 Å². The summed E-state index contributed by atoms with van der Waals surface area (Å²) in [5.41, 5.74) is -0.0290. The summed E-state index contributed by atoms with van der Waals surface area (Å²) in [4.78, 5) is 15.4. The molecule has 1 aromatic heterocycles. The number of urea groups is 1. The molecular weight excluding hydrogens is 266 g/mol. The van der Waals surface area contributed by atoms with Crippen LogP contribution in [0.15, 0.2) is 12.4 Å². The average Bonchev–Trinajstić information content (AvgIpc) is 2.82. The molecule has 2 N–H and O–H groups in total. The Balaban J connectivity index is 2.42. The lowest BCUT2D eigenvalue weighted by Gasteiger charge is -2.29. The van der Waals surface area contributed by atoms with Crippen molar-refractivity contribution in [2.75, 3.05) is 6.54 Å². The van der Waals surface area contributed by atoms with Crippen LogP contribution in [0.25, 0.3) is 0 Å². The molecule has 1 heterocycles. The topological polar surface area (TPSA) is 59.0 Å².